The number of sulfonamides is 1. The molecular weight excluding hydrogens is 298 g/mol. The van der Waals surface area contributed by atoms with Gasteiger partial charge in [0.15, 0.2) is 0 Å². The van der Waals surface area contributed by atoms with Crippen molar-refractivity contribution in [2.24, 2.45) is 0 Å². The normalized spacial score (nSPS) is 11.3. The third-order valence-corrected chi connectivity index (χ3v) is 5.11. The van der Waals surface area contributed by atoms with Gasteiger partial charge in [0.1, 0.15) is 5.75 Å². The van der Waals surface area contributed by atoms with E-state index in [-0.39, 0.29) is 11.5 Å². The Kier molecular flexibility index (Phi) is 4.32. The standard InChI is InChI=1S/C13H15NO4S2/c1-9-3-4-13(18-2)12(5-9)14-20(16,17)11-6-10(7-15)19-8-11/h3-6,8,14-15H,7H2,1-2H3. The molecule has 0 radical (unpaired) electrons. The fraction of sp³-hybridized carbons (Fsp3) is 0.231. The van der Waals surface area contributed by atoms with Gasteiger partial charge in [0.25, 0.3) is 10.0 Å². The van der Waals surface area contributed by atoms with E-state index in [0.717, 1.165) is 5.56 Å². The maximum Gasteiger partial charge on any atom is 0.262 e. The maximum atomic E-state index is 12.3. The van der Waals surface area contributed by atoms with Crippen LogP contribution in [0.5, 0.6) is 5.75 Å². The molecule has 0 saturated carbocycles. The molecule has 2 N–H and O–H groups in total. The quantitative estimate of drug-likeness (QED) is 0.888. The van der Waals surface area contributed by atoms with Crippen molar-refractivity contribution in [3.05, 3.63) is 40.1 Å². The van der Waals surface area contributed by atoms with Gasteiger partial charge in [0.05, 0.1) is 24.3 Å². The molecule has 0 aliphatic carbocycles. The van der Waals surface area contributed by atoms with Gasteiger partial charge in [-0.05, 0) is 30.7 Å². The number of aliphatic hydroxyl groups is 1. The Morgan fingerprint density at radius 3 is 2.70 bits per heavy atom. The minimum atomic E-state index is -3.68. The molecule has 0 bridgehead atoms. The molecule has 0 saturated heterocycles. The molecule has 0 unspecified atom stereocenters. The maximum absolute atomic E-state index is 12.3. The highest BCUT2D eigenvalue weighted by atomic mass is 32.2. The molecule has 1 aromatic carbocycles. The number of anilines is 1. The molecule has 0 spiro atoms. The van der Waals surface area contributed by atoms with Gasteiger partial charge < -0.3 is 9.84 Å². The van der Waals surface area contributed by atoms with Crippen LogP contribution in [0.4, 0.5) is 5.69 Å². The molecule has 0 aliphatic heterocycles. The lowest BCUT2D eigenvalue weighted by Gasteiger charge is -2.11. The lowest BCUT2D eigenvalue weighted by molar-refractivity contribution is 0.285. The van der Waals surface area contributed by atoms with Crippen LogP contribution in [0.3, 0.4) is 0 Å². The summed E-state index contributed by atoms with van der Waals surface area (Å²) in [5.74, 6) is 0.455. The number of rotatable bonds is 5. The average molecular weight is 313 g/mol. The number of benzene rings is 1. The number of hydrogen-bond acceptors (Lipinski definition) is 5. The number of aliphatic hydroxyl groups excluding tert-OH is 1. The van der Waals surface area contributed by atoms with Crippen LogP contribution < -0.4 is 9.46 Å². The Hall–Kier alpha value is -1.57. The number of nitrogens with one attached hydrogen (secondary N) is 1. The summed E-state index contributed by atoms with van der Waals surface area (Å²) in [7, 11) is -2.20. The molecule has 0 atom stereocenters. The van der Waals surface area contributed by atoms with Gasteiger partial charge in [-0.25, -0.2) is 8.42 Å². The zero-order chi connectivity index (χ0) is 14.8. The molecule has 5 nitrogen and oxygen atoms in total. The van der Waals surface area contributed by atoms with Crippen molar-refractivity contribution in [1.82, 2.24) is 0 Å². The van der Waals surface area contributed by atoms with Gasteiger partial charge in [-0.2, -0.15) is 0 Å². The van der Waals surface area contributed by atoms with Gasteiger partial charge >= 0.3 is 0 Å². The highest BCUT2D eigenvalue weighted by Gasteiger charge is 2.18. The molecular formula is C13H15NO4S2. The van der Waals surface area contributed by atoms with Crippen LogP contribution in [0.1, 0.15) is 10.4 Å². The predicted molar refractivity (Wildman–Crippen MR) is 78.8 cm³/mol. The van der Waals surface area contributed by atoms with Crippen molar-refractivity contribution in [2.75, 3.05) is 11.8 Å². The van der Waals surface area contributed by atoms with Crippen molar-refractivity contribution < 1.29 is 18.3 Å². The van der Waals surface area contributed by atoms with Crippen molar-refractivity contribution in [3.8, 4) is 5.75 Å². The summed E-state index contributed by atoms with van der Waals surface area (Å²) in [5, 5.41) is 10.5. The summed E-state index contributed by atoms with van der Waals surface area (Å²) in [6.45, 7) is 1.69. The molecule has 7 heteroatoms. The van der Waals surface area contributed by atoms with E-state index in [1.807, 2.05) is 13.0 Å². The van der Waals surface area contributed by atoms with Crippen LogP contribution in [0.25, 0.3) is 0 Å². The first-order valence-corrected chi connectivity index (χ1v) is 8.18. The Morgan fingerprint density at radius 2 is 2.10 bits per heavy atom. The number of hydrogen-bond donors (Lipinski definition) is 2. The fourth-order valence-corrected chi connectivity index (χ4v) is 3.88. The SMILES string of the molecule is COc1ccc(C)cc1NS(=O)(=O)c1csc(CO)c1. The largest absolute Gasteiger partial charge is 0.495 e. The zero-order valence-corrected chi connectivity index (χ0v) is 12.7. The van der Waals surface area contributed by atoms with Crippen LogP contribution >= 0.6 is 11.3 Å². The van der Waals surface area contributed by atoms with E-state index in [2.05, 4.69) is 4.72 Å². The van der Waals surface area contributed by atoms with Gasteiger partial charge in [-0.3, -0.25) is 4.72 Å². The molecule has 2 aromatic rings. The first-order valence-electron chi connectivity index (χ1n) is 5.82. The second kappa shape index (κ2) is 5.82. The van der Waals surface area contributed by atoms with Crippen molar-refractivity contribution in [2.45, 2.75) is 18.4 Å². The number of ether oxygens (including phenoxy) is 1. The second-order valence-electron chi connectivity index (χ2n) is 4.22. The van der Waals surface area contributed by atoms with Crippen molar-refractivity contribution in [3.63, 3.8) is 0 Å². The lowest BCUT2D eigenvalue weighted by atomic mass is 10.2. The third-order valence-electron chi connectivity index (χ3n) is 2.70. The molecule has 2 rings (SSSR count). The van der Waals surface area contributed by atoms with Crippen LogP contribution in [0.15, 0.2) is 34.5 Å². The summed E-state index contributed by atoms with van der Waals surface area (Å²) >= 11 is 1.20. The Balaban J connectivity index is 2.35. The Labute approximate surface area is 121 Å². The topological polar surface area (TPSA) is 75.6 Å². The van der Waals surface area contributed by atoms with Gasteiger partial charge in [0.2, 0.25) is 0 Å². The van der Waals surface area contributed by atoms with Gasteiger partial charge in [0, 0.05) is 10.3 Å². The summed E-state index contributed by atoms with van der Waals surface area (Å²) in [5.41, 5.74) is 1.31. The average Bonchev–Trinajstić information content (AvgIpc) is 2.88. The number of methoxy groups -OCH3 is 1. The fourth-order valence-electron chi connectivity index (χ4n) is 1.69. The first kappa shape index (κ1) is 14.8. The summed E-state index contributed by atoms with van der Waals surface area (Å²) < 4.78 is 32.2. The van der Waals surface area contributed by atoms with E-state index >= 15 is 0 Å². The second-order valence-corrected chi connectivity index (χ2v) is 6.89. The van der Waals surface area contributed by atoms with E-state index < -0.39 is 10.0 Å². The summed E-state index contributed by atoms with van der Waals surface area (Å²) in [6.07, 6.45) is 0. The summed E-state index contributed by atoms with van der Waals surface area (Å²) in [4.78, 5) is 0.733. The molecule has 0 aliphatic rings. The molecule has 108 valence electrons. The molecule has 1 heterocycles. The zero-order valence-electron chi connectivity index (χ0n) is 11.1. The van der Waals surface area contributed by atoms with Gasteiger partial charge in [-0.1, -0.05) is 6.07 Å². The summed E-state index contributed by atoms with van der Waals surface area (Å²) in [6, 6.07) is 6.70. The number of thiophene rings is 1. The molecule has 0 amide bonds. The minimum absolute atomic E-state index is 0.134. The van der Waals surface area contributed by atoms with E-state index in [9.17, 15) is 8.42 Å². The number of aryl methyl sites for hydroxylation is 1. The van der Waals surface area contributed by atoms with Crippen LogP contribution in [-0.2, 0) is 16.6 Å². The molecule has 0 fully saturated rings. The van der Waals surface area contributed by atoms with Crippen LogP contribution in [-0.4, -0.2) is 20.6 Å². The smallest absolute Gasteiger partial charge is 0.262 e. The van der Waals surface area contributed by atoms with E-state index in [4.69, 9.17) is 9.84 Å². The van der Waals surface area contributed by atoms with Gasteiger partial charge in [-0.15, -0.1) is 11.3 Å². The Morgan fingerprint density at radius 1 is 1.35 bits per heavy atom. The highest BCUT2D eigenvalue weighted by molar-refractivity contribution is 7.92. The lowest BCUT2D eigenvalue weighted by Crippen LogP contribution is -2.13. The molecule has 20 heavy (non-hydrogen) atoms. The van der Waals surface area contributed by atoms with Crippen molar-refractivity contribution in [1.29, 1.82) is 0 Å². The van der Waals surface area contributed by atoms with Crippen LogP contribution in [0.2, 0.25) is 0 Å². The van der Waals surface area contributed by atoms with E-state index in [0.29, 0.717) is 16.3 Å². The van der Waals surface area contributed by atoms with Crippen LogP contribution in [0, 0.1) is 6.92 Å². The first-order chi connectivity index (χ1) is 9.46. The van der Waals surface area contributed by atoms with E-state index in [1.165, 1.54) is 29.9 Å². The van der Waals surface area contributed by atoms with Crippen molar-refractivity contribution >= 4 is 27.0 Å². The highest BCUT2D eigenvalue weighted by Crippen LogP contribution is 2.29. The minimum Gasteiger partial charge on any atom is -0.495 e. The van der Waals surface area contributed by atoms with E-state index in [1.54, 1.807) is 12.1 Å². The Bertz CT molecular complexity index is 707. The predicted octanol–water partition coefficient (Wildman–Crippen LogP) is 2.36. The monoisotopic (exact) mass is 313 g/mol. The third kappa shape index (κ3) is 3.12. The molecule has 1 aromatic heterocycles.